The van der Waals surface area contributed by atoms with Crippen LogP contribution in [0.15, 0.2) is 17.9 Å². The molecule has 0 fully saturated rings. The quantitative estimate of drug-likeness (QED) is 0.339. The molecule has 2 aromatic carbocycles. The molecule has 0 heterocycles. The molecule has 0 aromatic heterocycles. The molecule has 0 radical (unpaired) electrons. The summed E-state index contributed by atoms with van der Waals surface area (Å²) in [6, 6.07) is 1.21. The zero-order chi connectivity index (χ0) is 26.2. The molecular weight excluding hydrogens is 488 g/mol. The number of Topliss-reactive ketones (excluding diaryl/α,β-unsaturated/α-hetero) is 2. The number of halogens is 1. The van der Waals surface area contributed by atoms with Gasteiger partial charge in [0.15, 0.2) is 6.10 Å². The Balaban J connectivity index is 2.19. The van der Waals surface area contributed by atoms with Crippen LogP contribution in [-0.2, 0) is 14.3 Å². The van der Waals surface area contributed by atoms with Crippen molar-refractivity contribution in [3.63, 3.8) is 0 Å². The molecule has 2 aromatic rings. The van der Waals surface area contributed by atoms with E-state index < -0.39 is 68.3 Å². The molecule has 0 amide bonds. The van der Waals surface area contributed by atoms with E-state index >= 15 is 0 Å². The number of hydrogen-bond acceptors (Lipinski definition) is 11. The van der Waals surface area contributed by atoms with Gasteiger partial charge in [0.05, 0.1) is 37.5 Å². The topological polar surface area (TPSA) is 177 Å². The van der Waals surface area contributed by atoms with Crippen molar-refractivity contribution in [2.45, 2.75) is 24.2 Å². The first-order valence-corrected chi connectivity index (χ1v) is 10.4. The number of ketones is 3. The number of aliphatic hydroxyl groups is 3. The first-order valence-electron chi connectivity index (χ1n) is 10.0. The maximum Gasteiger partial charge on any atom is 0.341 e. The van der Waals surface area contributed by atoms with E-state index in [-0.39, 0.29) is 27.6 Å². The molecule has 184 valence electrons. The number of phenols is 1. The van der Waals surface area contributed by atoms with Crippen LogP contribution in [0.2, 0.25) is 5.02 Å². The van der Waals surface area contributed by atoms with E-state index in [2.05, 4.69) is 0 Å². The Morgan fingerprint density at radius 3 is 2.23 bits per heavy atom. The SMILES string of the molecule is COC(=O)c1c(OC)cc2c(Cl)c3c(c(O)c2c1C)C(=O)C1(O)C(=O)C=C(OC)C(O)C1(O)C3=O. The van der Waals surface area contributed by atoms with Gasteiger partial charge in [-0.1, -0.05) is 11.6 Å². The Morgan fingerprint density at radius 1 is 1.06 bits per heavy atom. The highest BCUT2D eigenvalue weighted by molar-refractivity contribution is 6.44. The standard InChI is InChI=1S/C23H19ClO11/c1-7-12-8(5-9(33-2)13(7)21(30)35-4)16(24)14-15(17(12)26)20(29)22(31)11(25)6-10(34-3)18(27)23(22,32)19(14)28/h5-6,18,26-27,31-32H,1-4H3. The third kappa shape index (κ3) is 2.71. The molecule has 0 spiro atoms. The lowest BCUT2D eigenvalue weighted by molar-refractivity contribution is -0.172. The Bertz CT molecular complexity index is 1410. The molecular formula is C23H19ClO11. The van der Waals surface area contributed by atoms with Crippen LogP contribution < -0.4 is 4.74 Å². The van der Waals surface area contributed by atoms with Gasteiger partial charge in [-0.2, -0.15) is 0 Å². The van der Waals surface area contributed by atoms with Crippen molar-refractivity contribution in [2.24, 2.45) is 0 Å². The van der Waals surface area contributed by atoms with Crippen LogP contribution in [0.5, 0.6) is 11.5 Å². The highest BCUT2D eigenvalue weighted by atomic mass is 35.5. The van der Waals surface area contributed by atoms with Crippen molar-refractivity contribution in [3.05, 3.63) is 45.2 Å². The zero-order valence-corrected chi connectivity index (χ0v) is 19.5. The predicted octanol–water partition coefficient (Wildman–Crippen LogP) is 0.618. The largest absolute Gasteiger partial charge is 0.507 e. The minimum atomic E-state index is -3.50. The number of benzene rings is 2. The van der Waals surface area contributed by atoms with Gasteiger partial charge >= 0.3 is 5.97 Å². The van der Waals surface area contributed by atoms with Gasteiger partial charge in [-0.15, -0.1) is 0 Å². The van der Waals surface area contributed by atoms with Crippen molar-refractivity contribution < 1.29 is 53.8 Å². The van der Waals surface area contributed by atoms with Gasteiger partial charge in [0.2, 0.25) is 28.6 Å². The van der Waals surface area contributed by atoms with Crippen LogP contribution in [-0.4, -0.2) is 82.4 Å². The van der Waals surface area contributed by atoms with E-state index in [4.69, 9.17) is 25.8 Å². The van der Waals surface area contributed by atoms with E-state index in [0.717, 1.165) is 14.2 Å². The molecule has 4 rings (SSSR count). The molecule has 3 unspecified atom stereocenters. The van der Waals surface area contributed by atoms with Gasteiger partial charge in [0.1, 0.15) is 22.8 Å². The Hall–Kier alpha value is -3.51. The van der Waals surface area contributed by atoms with Crippen molar-refractivity contribution in [2.75, 3.05) is 21.3 Å². The summed E-state index contributed by atoms with van der Waals surface area (Å²) < 4.78 is 14.8. The maximum absolute atomic E-state index is 13.6. The summed E-state index contributed by atoms with van der Waals surface area (Å²) in [5.41, 5.74) is -8.58. The lowest BCUT2D eigenvalue weighted by Gasteiger charge is -2.47. The summed E-state index contributed by atoms with van der Waals surface area (Å²) in [6.07, 6.45) is -1.76. The molecule has 35 heavy (non-hydrogen) atoms. The molecule has 4 N–H and O–H groups in total. The van der Waals surface area contributed by atoms with Gasteiger partial charge in [-0.25, -0.2) is 4.79 Å². The molecule has 0 saturated carbocycles. The molecule has 12 heteroatoms. The minimum absolute atomic E-state index is 0.0367. The number of ether oxygens (including phenoxy) is 3. The number of hydrogen-bond donors (Lipinski definition) is 4. The predicted molar refractivity (Wildman–Crippen MR) is 118 cm³/mol. The van der Waals surface area contributed by atoms with E-state index in [0.29, 0.717) is 6.08 Å². The Labute approximate surface area is 202 Å². The fraction of sp³-hybridized carbons (Fsp3) is 0.304. The third-order valence-corrected chi connectivity index (χ3v) is 6.93. The lowest BCUT2D eigenvalue weighted by atomic mass is 9.60. The number of esters is 1. The zero-order valence-electron chi connectivity index (χ0n) is 18.8. The van der Waals surface area contributed by atoms with Crippen molar-refractivity contribution in [3.8, 4) is 11.5 Å². The summed E-state index contributed by atoms with van der Waals surface area (Å²) in [5.74, 6) is -6.88. The average molecular weight is 507 g/mol. The minimum Gasteiger partial charge on any atom is -0.507 e. The summed E-state index contributed by atoms with van der Waals surface area (Å²) in [7, 11) is 3.41. The van der Waals surface area contributed by atoms with Gasteiger partial charge in [-0.05, 0) is 18.6 Å². The second-order valence-electron chi connectivity index (χ2n) is 8.06. The van der Waals surface area contributed by atoms with Gasteiger partial charge in [0.25, 0.3) is 0 Å². The van der Waals surface area contributed by atoms with Crippen LogP contribution in [0.25, 0.3) is 10.8 Å². The number of phenolic OH excluding ortho intramolecular Hbond substituents is 1. The Kier molecular flexibility index (Phi) is 5.45. The monoisotopic (exact) mass is 506 g/mol. The van der Waals surface area contributed by atoms with E-state index in [9.17, 15) is 39.6 Å². The van der Waals surface area contributed by atoms with Gasteiger partial charge in [0, 0.05) is 16.8 Å². The van der Waals surface area contributed by atoms with Crippen molar-refractivity contribution in [1.29, 1.82) is 0 Å². The number of fused-ring (bicyclic) bond motifs is 3. The van der Waals surface area contributed by atoms with Crippen LogP contribution >= 0.6 is 11.6 Å². The number of aliphatic hydroxyl groups excluding tert-OH is 1. The number of carbonyl (C=O) groups excluding carboxylic acids is 4. The highest BCUT2D eigenvalue weighted by Gasteiger charge is 2.73. The second-order valence-corrected chi connectivity index (χ2v) is 8.44. The third-order valence-electron chi connectivity index (χ3n) is 6.54. The van der Waals surface area contributed by atoms with Crippen molar-refractivity contribution in [1.82, 2.24) is 0 Å². The number of carbonyl (C=O) groups is 4. The number of aromatic hydroxyl groups is 1. The molecule has 2 aliphatic carbocycles. The highest BCUT2D eigenvalue weighted by Crippen LogP contribution is 2.52. The van der Waals surface area contributed by atoms with Crippen LogP contribution in [0, 0.1) is 6.92 Å². The summed E-state index contributed by atoms with van der Waals surface area (Å²) in [6.45, 7) is 1.39. The fourth-order valence-electron chi connectivity index (χ4n) is 4.72. The van der Waals surface area contributed by atoms with E-state index in [1.54, 1.807) is 0 Å². The molecule has 3 atom stereocenters. The summed E-state index contributed by atoms with van der Waals surface area (Å²) >= 11 is 6.49. The molecule has 0 bridgehead atoms. The Morgan fingerprint density at radius 2 is 1.69 bits per heavy atom. The number of aryl methyl sites for hydroxylation is 1. The van der Waals surface area contributed by atoms with E-state index in [1.807, 2.05) is 0 Å². The smallest absolute Gasteiger partial charge is 0.341 e. The first kappa shape index (κ1) is 24.6. The van der Waals surface area contributed by atoms with Crippen LogP contribution in [0.4, 0.5) is 0 Å². The molecule has 0 aliphatic heterocycles. The molecule has 11 nitrogen and oxygen atoms in total. The average Bonchev–Trinajstić information content (AvgIpc) is 2.84. The molecule has 2 aliphatic rings. The summed E-state index contributed by atoms with van der Waals surface area (Å²) in [4.78, 5) is 52.2. The van der Waals surface area contributed by atoms with Crippen LogP contribution in [0.1, 0.15) is 36.6 Å². The van der Waals surface area contributed by atoms with Crippen molar-refractivity contribution >= 4 is 45.7 Å². The normalized spacial score (nSPS) is 25.7. The number of methoxy groups -OCH3 is 3. The lowest BCUT2D eigenvalue weighted by Crippen LogP contribution is -2.76. The van der Waals surface area contributed by atoms with Gasteiger partial charge in [-0.3, -0.25) is 14.4 Å². The first-order chi connectivity index (χ1) is 16.3. The second kappa shape index (κ2) is 7.75. The fourth-order valence-corrected chi connectivity index (χ4v) is 5.05. The van der Waals surface area contributed by atoms with Gasteiger partial charge < -0.3 is 34.6 Å². The maximum atomic E-state index is 13.6. The molecule has 0 saturated heterocycles. The van der Waals surface area contributed by atoms with E-state index in [1.165, 1.54) is 20.1 Å². The number of rotatable bonds is 3. The van der Waals surface area contributed by atoms with Crippen LogP contribution in [0.3, 0.4) is 0 Å². The summed E-state index contributed by atoms with van der Waals surface area (Å²) in [5, 5.41) is 43.5.